The molecule has 0 saturated heterocycles. The summed E-state index contributed by atoms with van der Waals surface area (Å²) in [4.78, 5) is 27.6. The molecule has 6 nitrogen and oxygen atoms in total. The number of hydrogen-bond donors (Lipinski definition) is 1. The number of aromatic carboxylic acids is 1. The molecule has 3 rings (SSSR count). The van der Waals surface area contributed by atoms with Gasteiger partial charge in [-0.2, -0.15) is 13.2 Å². The number of benzene rings is 1. The first kappa shape index (κ1) is 16.0. The van der Waals surface area contributed by atoms with E-state index < -0.39 is 23.3 Å². The molecule has 0 saturated carbocycles. The topological polar surface area (TPSA) is 76.6 Å². The van der Waals surface area contributed by atoms with Gasteiger partial charge in [-0.3, -0.25) is 9.20 Å². The van der Waals surface area contributed by atoms with Gasteiger partial charge in [0.05, 0.1) is 22.3 Å². The Balaban J connectivity index is 2.56. The number of aryl methyl sites for hydroxylation is 2. The second-order valence-corrected chi connectivity index (χ2v) is 5.26. The lowest BCUT2D eigenvalue weighted by Gasteiger charge is -2.13. The first-order valence-electron chi connectivity index (χ1n) is 7.03. The fourth-order valence-electron chi connectivity index (χ4n) is 2.79. The number of alkyl halides is 3. The third-order valence-corrected chi connectivity index (χ3v) is 3.90. The SMILES string of the molecule is CCn1c(=O)c2nc(C(=O)O)c(C)n2c2ccc(C(F)(F)F)cc21. The number of carboxylic acids is 1. The number of carbonyl (C=O) groups is 1. The molecule has 2 aromatic heterocycles. The molecular formula is C15H12F3N3O3. The highest BCUT2D eigenvalue weighted by Crippen LogP contribution is 2.31. The van der Waals surface area contributed by atoms with Crippen LogP contribution in [0.3, 0.4) is 0 Å². The molecule has 0 fully saturated rings. The normalized spacial score (nSPS) is 12.2. The molecular weight excluding hydrogens is 327 g/mol. The summed E-state index contributed by atoms with van der Waals surface area (Å²) >= 11 is 0. The predicted molar refractivity (Wildman–Crippen MR) is 79.3 cm³/mol. The molecule has 0 bridgehead atoms. The van der Waals surface area contributed by atoms with E-state index in [1.54, 1.807) is 6.92 Å². The molecule has 0 atom stereocenters. The Bertz CT molecular complexity index is 1050. The van der Waals surface area contributed by atoms with Crippen molar-refractivity contribution in [2.75, 3.05) is 0 Å². The van der Waals surface area contributed by atoms with Crippen LogP contribution in [0.25, 0.3) is 16.7 Å². The fraction of sp³-hybridized carbons (Fsp3) is 0.267. The largest absolute Gasteiger partial charge is 0.476 e. The highest BCUT2D eigenvalue weighted by molar-refractivity contribution is 5.89. The summed E-state index contributed by atoms with van der Waals surface area (Å²) in [5.41, 5.74) is -1.41. The Morgan fingerprint density at radius 1 is 1.29 bits per heavy atom. The van der Waals surface area contributed by atoms with Crippen molar-refractivity contribution in [3.05, 3.63) is 45.5 Å². The fourth-order valence-corrected chi connectivity index (χ4v) is 2.79. The lowest BCUT2D eigenvalue weighted by atomic mass is 10.1. The number of rotatable bonds is 2. The number of hydrogen-bond acceptors (Lipinski definition) is 3. The van der Waals surface area contributed by atoms with Gasteiger partial charge in [-0.15, -0.1) is 0 Å². The highest BCUT2D eigenvalue weighted by Gasteiger charge is 2.31. The van der Waals surface area contributed by atoms with Crippen LogP contribution in [0.2, 0.25) is 0 Å². The molecule has 1 N–H and O–H groups in total. The minimum atomic E-state index is -4.55. The standard InChI is InChI=1S/C15H12F3N3O3/c1-3-20-10-6-8(15(16,17)18)4-5-9(10)21-7(2)11(14(23)24)19-12(21)13(20)22/h4-6H,3H2,1-2H3,(H,23,24). The van der Waals surface area contributed by atoms with Crippen LogP contribution in [-0.4, -0.2) is 25.0 Å². The molecule has 9 heteroatoms. The van der Waals surface area contributed by atoms with E-state index >= 15 is 0 Å². The van der Waals surface area contributed by atoms with Crippen molar-refractivity contribution in [1.29, 1.82) is 0 Å². The van der Waals surface area contributed by atoms with Gasteiger partial charge in [-0.05, 0) is 32.0 Å². The van der Waals surface area contributed by atoms with E-state index in [4.69, 9.17) is 0 Å². The van der Waals surface area contributed by atoms with Gasteiger partial charge < -0.3 is 9.67 Å². The number of halogens is 3. The first-order chi connectivity index (χ1) is 11.2. The average molecular weight is 339 g/mol. The van der Waals surface area contributed by atoms with Gasteiger partial charge in [0, 0.05) is 6.54 Å². The molecule has 0 spiro atoms. The Kier molecular flexibility index (Phi) is 3.40. The van der Waals surface area contributed by atoms with E-state index in [1.807, 2.05) is 0 Å². The third-order valence-electron chi connectivity index (χ3n) is 3.90. The zero-order valence-electron chi connectivity index (χ0n) is 12.7. The zero-order chi connectivity index (χ0) is 17.8. The van der Waals surface area contributed by atoms with Gasteiger partial charge in [0.15, 0.2) is 5.69 Å². The molecule has 24 heavy (non-hydrogen) atoms. The first-order valence-corrected chi connectivity index (χ1v) is 7.03. The zero-order valence-corrected chi connectivity index (χ0v) is 12.7. The summed E-state index contributed by atoms with van der Waals surface area (Å²) in [7, 11) is 0. The molecule has 0 radical (unpaired) electrons. The van der Waals surface area contributed by atoms with Gasteiger partial charge in [-0.1, -0.05) is 0 Å². The van der Waals surface area contributed by atoms with Gasteiger partial charge in [-0.25, -0.2) is 9.78 Å². The Morgan fingerprint density at radius 2 is 1.96 bits per heavy atom. The minimum Gasteiger partial charge on any atom is -0.476 e. The Morgan fingerprint density at radius 3 is 2.50 bits per heavy atom. The molecule has 0 amide bonds. The van der Waals surface area contributed by atoms with Gasteiger partial charge >= 0.3 is 12.1 Å². The Hall–Kier alpha value is -2.84. The summed E-state index contributed by atoms with van der Waals surface area (Å²) in [6.45, 7) is 3.20. The second-order valence-electron chi connectivity index (χ2n) is 5.26. The molecule has 2 heterocycles. The summed E-state index contributed by atoms with van der Waals surface area (Å²) in [6.07, 6.45) is -4.55. The summed E-state index contributed by atoms with van der Waals surface area (Å²) in [5.74, 6) is -1.31. The average Bonchev–Trinajstić information content (AvgIpc) is 2.85. The maximum Gasteiger partial charge on any atom is 0.416 e. The van der Waals surface area contributed by atoms with Crippen molar-refractivity contribution in [3.63, 3.8) is 0 Å². The van der Waals surface area contributed by atoms with E-state index in [2.05, 4.69) is 4.98 Å². The maximum atomic E-state index is 13.0. The molecule has 1 aromatic carbocycles. The highest BCUT2D eigenvalue weighted by atomic mass is 19.4. The van der Waals surface area contributed by atoms with E-state index in [-0.39, 0.29) is 34.6 Å². The number of fused-ring (bicyclic) bond motifs is 3. The Labute approximate surface area is 132 Å². The smallest absolute Gasteiger partial charge is 0.416 e. The summed E-state index contributed by atoms with van der Waals surface area (Å²) in [5, 5.41) is 9.17. The van der Waals surface area contributed by atoms with Crippen LogP contribution in [0, 0.1) is 6.92 Å². The van der Waals surface area contributed by atoms with E-state index in [0.29, 0.717) is 0 Å². The van der Waals surface area contributed by atoms with Crippen molar-refractivity contribution < 1.29 is 23.1 Å². The van der Waals surface area contributed by atoms with Crippen LogP contribution < -0.4 is 5.56 Å². The number of imidazole rings is 1. The molecule has 0 aliphatic heterocycles. The number of carboxylic acid groups (broad SMARTS) is 1. The second kappa shape index (κ2) is 5.08. The van der Waals surface area contributed by atoms with Crippen molar-refractivity contribution in [2.24, 2.45) is 0 Å². The van der Waals surface area contributed by atoms with Gasteiger partial charge in [0.1, 0.15) is 0 Å². The van der Waals surface area contributed by atoms with Gasteiger partial charge in [0.2, 0.25) is 5.65 Å². The minimum absolute atomic E-state index is 0.0715. The van der Waals surface area contributed by atoms with E-state index in [0.717, 1.165) is 16.7 Å². The molecule has 0 unspecified atom stereocenters. The third kappa shape index (κ3) is 2.15. The number of nitrogens with zero attached hydrogens (tertiary/aromatic N) is 3. The monoisotopic (exact) mass is 339 g/mol. The molecule has 126 valence electrons. The summed E-state index contributed by atoms with van der Waals surface area (Å²) in [6, 6.07) is 3.00. The molecule has 0 aliphatic rings. The van der Waals surface area contributed by atoms with Crippen LogP contribution >= 0.6 is 0 Å². The van der Waals surface area contributed by atoms with Crippen molar-refractivity contribution in [3.8, 4) is 0 Å². The van der Waals surface area contributed by atoms with Crippen molar-refractivity contribution in [1.82, 2.24) is 14.0 Å². The summed E-state index contributed by atoms with van der Waals surface area (Å²) < 4.78 is 41.3. The predicted octanol–water partition coefficient (Wildman–Crippen LogP) is 2.69. The van der Waals surface area contributed by atoms with Crippen LogP contribution in [0.4, 0.5) is 13.2 Å². The van der Waals surface area contributed by atoms with Crippen LogP contribution in [0.1, 0.15) is 28.7 Å². The maximum absolute atomic E-state index is 13.0. The van der Waals surface area contributed by atoms with Gasteiger partial charge in [0.25, 0.3) is 5.56 Å². The van der Waals surface area contributed by atoms with E-state index in [1.165, 1.54) is 17.4 Å². The lowest BCUT2D eigenvalue weighted by Crippen LogP contribution is -2.23. The van der Waals surface area contributed by atoms with Crippen LogP contribution in [0.5, 0.6) is 0 Å². The van der Waals surface area contributed by atoms with Crippen molar-refractivity contribution in [2.45, 2.75) is 26.6 Å². The molecule has 3 aromatic rings. The van der Waals surface area contributed by atoms with Crippen molar-refractivity contribution >= 4 is 22.6 Å². The number of aromatic nitrogens is 3. The van der Waals surface area contributed by atoms with Crippen LogP contribution in [0.15, 0.2) is 23.0 Å². The quantitative estimate of drug-likeness (QED) is 0.779. The lowest BCUT2D eigenvalue weighted by molar-refractivity contribution is -0.137. The van der Waals surface area contributed by atoms with E-state index in [9.17, 15) is 27.9 Å². The van der Waals surface area contributed by atoms with Crippen LogP contribution in [-0.2, 0) is 12.7 Å². The molecule has 0 aliphatic carbocycles.